The molecule has 18 heavy (non-hydrogen) atoms. The summed E-state index contributed by atoms with van der Waals surface area (Å²) in [6.07, 6.45) is 1.20. The SMILES string of the molecule is CCN(CCCN(C)C)Cc1ccc(Br)c(N)c1. The lowest BCUT2D eigenvalue weighted by Gasteiger charge is -2.21. The lowest BCUT2D eigenvalue weighted by Crippen LogP contribution is -2.26. The summed E-state index contributed by atoms with van der Waals surface area (Å²) in [6.45, 7) is 6.52. The summed E-state index contributed by atoms with van der Waals surface area (Å²) in [5, 5.41) is 0. The molecule has 0 spiro atoms. The van der Waals surface area contributed by atoms with Crippen molar-refractivity contribution in [1.29, 1.82) is 0 Å². The maximum atomic E-state index is 5.91. The summed E-state index contributed by atoms with van der Waals surface area (Å²) in [5.41, 5.74) is 8.00. The molecule has 0 unspecified atom stereocenters. The predicted molar refractivity (Wildman–Crippen MR) is 82.7 cm³/mol. The van der Waals surface area contributed by atoms with E-state index in [1.54, 1.807) is 0 Å². The van der Waals surface area contributed by atoms with E-state index >= 15 is 0 Å². The van der Waals surface area contributed by atoms with Crippen LogP contribution in [-0.2, 0) is 6.54 Å². The van der Waals surface area contributed by atoms with E-state index in [0.717, 1.165) is 36.3 Å². The van der Waals surface area contributed by atoms with Crippen LogP contribution in [0.2, 0.25) is 0 Å². The summed E-state index contributed by atoms with van der Waals surface area (Å²) >= 11 is 3.43. The maximum absolute atomic E-state index is 5.91. The second-order valence-corrected chi connectivity index (χ2v) is 5.74. The number of hydrogen-bond acceptors (Lipinski definition) is 3. The molecule has 0 fully saturated rings. The van der Waals surface area contributed by atoms with Crippen molar-refractivity contribution in [1.82, 2.24) is 9.80 Å². The van der Waals surface area contributed by atoms with Gasteiger partial charge in [-0.1, -0.05) is 13.0 Å². The lowest BCUT2D eigenvalue weighted by atomic mass is 10.2. The Morgan fingerprint density at radius 2 is 1.94 bits per heavy atom. The van der Waals surface area contributed by atoms with E-state index in [0.29, 0.717) is 0 Å². The number of nitrogen functional groups attached to an aromatic ring is 1. The summed E-state index contributed by atoms with van der Waals surface area (Å²) < 4.78 is 0.974. The average Bonchev–Trinajstić information content (AvgIpc) is 2.32. The number of anilines is 1. The highest BCUT2D eigenvalue weighted by Gasteiger charge is 2.05. The van der Waals surface area contributed by atoms with Crippen LogP contribution >= 0.6 is 15.9 Å². The van der Waals surface area contributed by atoms with E-state index in [-0.39, 0.29) is 0 Å². The van der Waals surface area contributed by atoms with Gasteiger partial charge in [-0.15, -0.1) is 0 Å². The summed E-state index contributed by atoms with van der Waals surface area (Å²) in [5.74, 6) is 0. The van der Waals surface area contributed by atoms with Gasteiger partial charge in [-0.2, -0.15) is 0 Å². The maximum Gasteiger partial charge on any atom is 0.0461 e. The minimum absolute atomic E-state index is 0.817. The first-order chi connectivity index (χ1) is 8.52. The number of hydrogen-bond donors (Lipinski definition) is 1. The first-order valence-electron chi connectivity index (χ1n) is 6.44. The van der Waals surface area contributed by atoms with Gasteiger partial charge in [0.25, 0.3) is 0 Å². The monoisotopic (exact) mass is 313 g/mol. The van der Waals surface area contributed by atoms with Gasteiger partial charge in [0, 0.05) is 16.7 Å². The molecule has 0 heterocycles. The molecule has 1 aromatic rings. The van der Waals surface area contributed by atoms with Gasteiger partial charge in [0.05, 0.1) is 0 Å². The fourth-order valence-corrected chi connectivity index (χ4v) is 2.16. The quantitative estimate of drug-likeness (QED) is 0.786. The van der Waals surface area contributed by atoms with Crippen LogP contribution < -0.4 is 5.73 Å². The van der Waals surface area contributed by atoms with Crippen LogP contribution in [0.15, 0.2) is 22.7 Å². The smallest absolute Gasteiger partial charge is 0.0461 e. The highest BCUT2D eigenvalue weighted by atomic mass is 79.9. The Balaban J connectivity index is 2.49. The molecule has 4 heteroatoms. The molecule has 0 aromatic heterocycles. The van der Waals surface area contributed by atoms with Crippen molar-refractivity contribution in [2.45, 2.75) is 19.9 Å². The molecule has 1 rings (SSSR count). The zero-order valence-electron chi connectivity index (χ0n) is 11.6. The van der Waals surface area contributed by atoms with Crippen molar-refractivity contribution in [2.24, 2.45) is 0 Å². The Kier molecular flexibility index (Phi) is 6.68. The molecule has 0 bridgehead atoms. The van der Waals surface area contributed by atoms with Gasteiger partial charge in [0.1, 0.15) is 0 Å². The van der Waals surface area contributed by atoms with Gasteiger partial charge in [0.15, 0.2) is 0 Å². The Bertz CT molecular complexity index is 366. The first-order valence-corrected chi connectivity index (χ1v) is 7.23. The van der Waals surface area contributed by atoms with Gasteiger partial charge < -0.3 is 10.6 Å². The molecular formula is C14H24BrN3. The summed E-state index contributed by atoms with van der Waals surface area (Å²) in [6, 6.07) is 6.21. The number of nitrogens with zero attached hydrogens (tertiary/aromatic N) is 2. The molecule has 0 aliphatic rings. The normalized spacial score (nSPS) is 11.4. The van der Waals surface area contributed by atoms with E-state index in [1.165, 1.54) is 12.0 Å². The highest BCUT2D eigenvalue weighted by Crippen LogP contribution is 2.21. The van der Waals surface area contributed by atoms with Gasteiger partial charge in [-0.3, -0.25) is 4.90 Å². The molecule has 3 nitrogen and oxygen atoms in total. The Morgan fingerprint density at radius 3 is 2.50 bits per heavy atom. The molecule has 1 aromatic carbocycles. The van der Waals surface area contributed by atoms with E-state index in [9.17, 15) is 0 Å². The molecule has 0 atom stereocenters. The fraction of sp³-hybridized carbons (Fsp3) is 0.571. The molecular weight excluding hydrogens is 290 g/mol. The third kappa shape index (κ3) is 5.38. The van der Waals surface area contributed by atoms with E-state index in [2.05, 4.69) is 58.9 Å². The summed E-state index contributed by atoms with van der Waals surface area (Å²) in [7, 11) is 4.23. The Hall–Kier alpha value is -0.580. The van der Waals surface area contributed by atoms with Crippen LogP contribution in [0.3, 0.4) is 0 Å². The molecule has 0 aliphatic carbocycles. The van der Waals surface area contributed by atoms with Crippen LogP contribution in [-0.4, -0.2) is 43.5 Å². The van der Waals surface area contributed by atoms with Crippen LogP contribution in [0.1, 0.15) is 18.9 Å². The second-order valence-electron chi connectivity index (χ2n) is 4.88. The van der Waals surface area contributed by atoms with Crippen molar-refractivity contribution in [3.63, 3.8) is 0 Å². The Morgan fingerprint density at radius 1 is 1.22 bits per heavy atom. The van der Waals surface area contributed by atoms with Crippen LogP contribution in [0.25, 0.3) is 0 Å². The molecule has 0 saturated carbocycles. The van der Waals surface area contributed by atoms with Crippen LogP contribution in [0, 0.1) is 0 Å². The van der Waals surface area contributed by atoms with Crippen molar-refractivity contribution < 1.29 is 0 Å². The van der Waals surface area contributed by atoms with Crippen molar-refractivity contribution in [3.05, 3.63) is 28.2 Å². The third-order valence-corrected chi connectivity index (χ3v) is 3.72. The number of nitrogens with two attached hydrogens (primary N) is 1. The van der Waals surface area contributed by atoms with Crippen LogP contribution in [0.5, 0.6) is 0 Å². The predicted octanol–water partition coefficient (Wildman–Crippen LogP) is 2.80. The number of benzene rings is 1. The van der Waals surface area contributed by atoms with Crippen LogP contribution in [0.4, 0.5) is 5.69 Å². The third-order valence-electron chi connectivity index (χ3n) is 2.99. The number of rotatable bonds is 7. The largest absolute Gasteiger partial charge is 0.398 e. The molecule has 2 N–H and O–H groups in total. The van der Waals surface area contributed by atoms with E-state index in [4.69, 9.17) is 5.73 Å². The van der Waals surface area contributed by atoms with Gasteiger partial charge in [-0.25, -0.2) is 0 Å². The topological polar surface area (TPSA) is 32.5 Å². The van der Waals surface area contributed by atoms with Crippen molar-refractivity contribution >= 4 is 21.6 Å². The zero-order chi connectivity index (χ0) is 13.5. The van der Waals surface area contributed by atoms with E-state index < -0.39 is 0 Å². The Labute approximate surface area is 119 Å². The highest BCUT2D eigenvalue weighted by molar-refractivity contribution is 9.10. The molecule has 102 valence electrons. The van der Waals surface area contributed by atoms with Gasteiger partial charge in [0.2, 0.25) is 0 Å². The van der Waals surface area contributed by atoms with Gasteiger partial charge in [-0.05, 0) is 73.8 Å². The molecule has 0 saturated heterocycles. The second kappa shape index (κ2) is 7.77. The van der Waals surface area contributed by atoms with Gasteiger partial charge >= 0.3 is 0 Å². The van der Waals surface area contributed by atoms with Crippen molar-refractivity contribution in [2.75, 3.05) is 39.5 Å². The first kappa shape index (κ1) is 15.5. The minimum Gasteiger partial charge on any atom is -0.398 e. The van der Waals surface area contributed by atoms with E-state index in [1.807, 2.05) is 6.07 Å². The standard InChI is InChI=1S/C14H24BrN3/c1-4-18(9-5-8-17(2)3)11-12-6-7-13(15)14(16)10-12/h6-7,10H,4-5,8-9,11,16H2,1-3H3. The summed E-state index contributed by atoms with van der Waals surface area (Å²) in [4.78, 5) is 4.68. The average molecular weight is 314 g/mol. The number of halogens is 1. The minimum atomic E-state index is 0.817. The molecule has 0 amide bonds. The zero-order valence-corrected chi connectivity index (χ0v) is 13.2. The fourth-order valence-electron chi connectivity index (χ4n) is 1.91. The van der Waals surface area contributed by atoms with Crippen molar-refractivity contribution in [3.8, 4) is 0 Å². The lowest BCUT2D eigenvalue weighted by molar-refractivity contribution is 0.259. The molecule has 0 aliphatic heterocycles. The molecule has 0 radical (unpaired) electrons.